The van der Waals surface area contributed by atoms with Crippen molar-refractivity contribution in [2.75, 3.05) is 5.32 Å². The number of carbonyl (C=O) groups excluding carboxylic acids is 1. The van der Waals surface area contributed by atoms with Gasteiger partial charge in [-0.25, -0.2) is 0 Å². The van der Waals surface area contributed by atoms with E-state index in [0.29, 0.717) is 12.1 Å². The summed E-state index contributed by atoms with van der Waals surface area (Å²) in [6, 6.07) is 15.6. The van der Waals surface area contributed by atoms with Crippen LogP contribution in [-0.4, -0.2) is 15.7 Å². The molecule has 25 heavy (non-hydrogen) atoms. The van der Waals surface area contributed by atoms with Crippen molar-refractivity contribution in [3.63, 3.8) is 0 Å². The number of aromatic nitrogens is 2. The fraction of sp³-hybridized carbons (Fsp3) is 0.200. The second kappa shape index (κ2) is 7.23. The summed E-state index contributed by atoms with van der Waals surface area (Å²) in [4.78, 5) is 12.5. The standard InChI is InChI=1S/C20H20BrN3O/c1-13-7-4-5-8-17(13)12-24-15(3)19(14(2)23-24)22-20(25)16-9-6-10-18(21)11-16/h4-11H,12H2,1-3H3,(H,22,25). The molecule has 0 unspecified atom stereocenters. The average molecular weight is 398 g/mol. The van der Waals surface area contributed by atoms with Crippen molar-refractivity contribution in [3.8, 4) is 0 Å². The van der Waals surface area contributed by atoms with Gasteiger partial charge < -0.3 is 5.32 Å². The zero-order chi connectivity index (χ0) is 18.0. The average Bonchev–Trinajstić information content (AvgIpc) is 2.84. The lowest BCUT2D eigenvalue weighted by molar-refractivity contribution is 0.102. The summed E-state index contributed by atoms with van der Waals surface area (Å²) < 4.78 is 2.82. The topological polar surface area (TPSA) is 46.9 Å². The van der Waals surface area contributed by atoms with Gasteiger partial charge >= 0.3 is 0 Å². The van der Waals surface area contributed by atoms with E-state index in [1.165, 1.54) is 11.1 Å². The Hall–Kier alpha value is -2.40. The van der Waals surface area contributed by atoms with Crippen LogP contribution in [0.3, 0.4) is 0 Å². The molecule has 0 saturated heterocycles. The highest BCUT2D eigenvalue weighted by atomic mass is 79.9. The number of nitrogens with zero attached hydrogens (tertiary/aromatic N) is 2. The van der Waals surface area contributed by atoms with Gasteiger partial charge in [-0.3, -0.25) is 9.48 Å². The van der Waals surface area contributed by atoms with Gasteiger partial charge in [-0.05, 0) is 50.1 Å². The van der Waals surface area contributed by atoms with Crippen LogP contribution in [0.4, 0.5) is 5.69 Å². The number of carbonyl (C=O) groups is 1. The number of benzene rings is 2. The van der Waals surface area contributed by atoms with Crippen LogP contribution in [-0.2, 0) is 6.54 Å². The summed E-state index contributed by atoms with van der Waals surface area (Å²) in [5, 5.41) is 7.60. The number of hydrogen-bond donors (Lipinski definition) is 1. The van der Waals surface area contributed by atoms with Crippen LogP contribution in [0.25, 0.3) is 0 Å². The first-order valence-electron chi connectivity index (χ1n) is 8.11. The highest BCUT2D eigenvalue weighted by Crippen LogP contribution is 2.22. The van der Waals surface area contributed by atoms with Crippen molar-refractivity contribution in [1.82, 2.24) is 9.78 Å². The molecule has 3 aromatic rings. The molecule has 0 aliphatic heterocycles. The maximum Gasteiger partial charge on any atom is 0.255 e. The summed E-state index contributed by atoms with van der Waals surface area (Å²) in [5.74, 6) is -0.136. The van der Waals surface area contributed by atoms with E-state index < -0.39 is 0 Å². The minimum absolute atomic E-state index is 0.136. The van der Waals surface area contributed by atoms with Gasteiger partial charge in [-0.2, -0.15) is 5.10 Å². The van der Waals surface area contributed by atoms with E-state index in [-0.39, 0.29) is 5.91 Å². The van der Waals surface area contributed by atoms with Crippen LogP contribution in [0.1, 0.15) is 32.9 Å². The summed E-state index contributed by atoms with van der Waals surface area (Å²) in [6.45, 7) is 6.68. The molecule has 0 atom stereocenters. The summed E-state index contributed by atoms with van der Waals surface area (Å²) in [6.07, 6.45) is 0. The Balaban J connectivity index is 1.85. The molecule has 0 radical (unpaired) electrons. The number of nitrogens with one attached hydrogen (secondary N) is 1. The number of anilines is 1. The van der Waals surface area contributed by atoms with E-state index in [4.69, 9.17) is 0 Å². The second-order valence-electron chi connectivity index (χ2n) is 6.09. The lowest BCUT2D eigenvalue weighted by Crippen LogP contribution is -2.13. The van der Waals surface area contributed by atoms with Gasteiger partial charge in [-0.1, -0.05) is 46.3 Å². The quantitative estimate of drug-likeness (QED) is 0.682. The van der Waals surface area contributed by atoms with Gasteiger partial charge in [0, 0.05) is 10.0 Å². The number of rotatable bonds is 4. The smallest absolute Gasteiger partial charge is 0.255 e. The van der Waals surface area contributed by atoms with Crippen molar-refractivity contribution >= 4 is 27.5 Å². The van der Waals surface area contributed by atoms with Crippen LogP contribution in [0.2, 0.25) is 0 Å². The summed E-state index contributed by atoms with van der Waals surface area (Å²) in [5.41, 5.74) is 5.60. The van der Waals surface area contributed by atoms with Gasteiger partial charge in [0.2, 0.25) is 0 Å². The Morgan fingerprint density at radius 3 is 2.60 bits per heavy atom. The first kappa shape index (κ1) is 17.4. The van der Waals surface area contributed by atoms with Crippen LogP contribution in [0.5, 0.6) is 0 Å². The highest BCUT2D eigenvalue weighted by Gasteiger charge is 2.16. The highest BCUT2D eigenvalue weighted by molar-refractivity contribution is 9.10. The molecule has 4 nitrogen and oxygen atoms in total. The molecule has 1 amide bonds. The molecule has 0 bridgehead atoms. The van der Waals surface area contributed by atoms with Gasteiger partial charge in [0.1, 0.15) is 0 Å². The Bertz CT molecular complexity index is 930. The molecule has 1 N–H and O–H groups in total. The minimum atomic E-state index is -0.136. The Labute approximate surface area is 156 Å². The van der Waals surface area contributed by atoms with Gasteiger partial charge in [-0.15, -0.1) is 0 Å². The molecule has 128 valence electrons. The van der Waals surface area contributed by atoms with Crippen molar-refractivity contribution < 1.29 is 4.79 Å². The van der Waals surface area contributed by atoms with Gasteiger partial charge in [0.25, 0.3) is 5.91 Å². The Morgan fingerprint density at radius 2 is 1.88 bits per heavy atom. The largest absolute Gasteiger partial charge is 0.319 e. The van der Waals surface area contributed by atoms with E-state index in [1.54, 1.807) is 12.1 Å². The van der Waals surface area contributed by atoms with Gasteiger partial charge in [0.15, 0.2) is 0 Å². The van der Waals surface area contributed by atoms with Crippen molar-refractivity contribution in [3.05, 3.63) is 81.1 Å². The lowest BCUT2D eigenvalue weighted by atomic mass is 10.1. The fourth-order valence-electron chi connectivity index (χ4n) is 2.80. The van der Waals surface area contributed by atoms with Crippen LogP contribution in [0, 0.1) is 20.8 Å². The number of amides is 1. The van der Waals surface area contributed by atoms with E-state index in [0.717, 1.165) is 21.5 Å². The molecule has 0 saturated carbocycles. The molecule has 2 aromatic carbocycles. The molecular weight excluding hydrogens is 378 g/mol. The molecule has 3 rings (SSSR count). The molecule has 0 aliphatic rings. The fourth-order valence-corrected chi connectivity index (χ4v) is 3.20. The predicted octanol–water partition coefficient (Wildman–Crippen LogP) is 4.87. The summed E-state index contributed by atoms with van der Waals surface area (Å²) in [7, 11) is 0. The second-order valence-corrected chi connectivity index (χ2v) is 7.01. The maximum absolute atomic E-state index is 12.5. The number of aryl methyl sites for hydroxylation is 2. The summed E-state index contributed by atoms with van der Waals surface area (Å²) >= 11 is 3.40. The molecule has 1 aromatic heterocycles. The maximum atomic E-state index is 12.5. The third-order valence-electron chi connectivity index (χ3n) is 4.29. The van der Waals surface area contributed by atoms with E-state index in [2.05, 4.69) is 45.4 Å². The molecule has 1 heterocycles. The van der Waals surface area contributed by atoms with Crippen molar-refractivity contribution in [2.45, 2.75) is 27.3 Å². The first-order valence-corrected chi connectivity index (χ1v) is 8.90. The van der Waals surface area contributed by atoms with Crippen molar-refractivity contribution in [2.24, 2.45) is 0 Å². The Morgan fingerprint density at radius 1 is 1.12 bits per heavy atom. The third-order valence-corrected chi connectivity index (χ3v) is 4.78. The van der Waals surface area contributed by atoms with Crippen molar-refractivity contribution in [1.29, 1.82) is 0 Å². The van der Waals surface area contributed by atoms with E-state index in [1.807, 2.05) is 42.8 Å². The zero-order valence-electron chi connectivity index (χ0n) is 14.5. The van der Waals surface area contributed by atoms with Crippen LogP contribution < -0.4 is 5.32 Å². The number of halogens is 1. The molecule has 0 spiro atoms. The molecule has 0 aliphatic carbocycles. The molecule has 0 fully saturated rings. The normalized spacial score (nSPS) is 10.7. The van der Waals surface area contributed by atoms with Crippen LogP contribution in [0.15, 0.2) is 53.0 Å². The lowest BCUT2D eigenvalue weighted by Gasteiger charge is -2.09. The van der Waals surface area contributed by atoms with E-state index in [9.17, 15) is 4.79 Å². The predicted molar refractivity (Wildman–Crippen MR) is 104 cm³/mol. The number of hydrogen-bond acceptors (Lipinski definition) is 2. The molecule has 5 heteroatoms. The monoisotopic (exact) mass is 397 g/mol. The minimum Gasteiger partial charge on any atom is -0.319 e. The first-order chi connectivity index (χ1) is 12.0. The van der Waals surface area contributed by atoms with E-state index >= 15 is 0 Å². The Kier molecular flexibility index (Phi) is 5.04. The zero-order valence-corrected chi connectivity index (χ0v) is 16.1. The van der Waals surface area contributed by atoms with Gasteiger partial charge in [0.05, 0.1) is 23.6 Å². The van der Waals surface area contributed by atoms with Crippen LogP contribution >= 0.6 is 15.9 Å². The SMILES string of the molecule is Cc1ccccc1Cn1nc(C)c(NC(=O)c2cccc(Br)c2)c1C. The third kappa shape index (κ3) is 3.82. The molecular formula is C20H20BrN3O.